The van der Waals surface area contributed by atoms with Gasteiger partial charge in [-0.05, 0) is 44.1 Å². The number of nitrogens with one attached hydrogen (secondary N) is 1. The molecule has 0 aliphatic carbocycles. The van der Waals surface area contributed by atoms with Crippen LogP contribution in [0.25, 0.3) is 0 Å². The highest BCUT2D eigenvalue weighted by atomic mass is 35.5. The average molecular weight is 289 g/mol. The summed E-state index contributed by atoms with van der Waals surface area (Å²) in [6, 6.07) is 5.29. The zero-order valence-electron chi connectivity index (χ0n) is 10.2. The van der Waals surface area contributed by atoms with E-state index in [0.717, 1.165) is 25.3 Å². The molecule has 1 atom stereocenters. The second kappa shape index (κ2) is 6.62. The lowest BCUT2D eigenvalue weighted by Gasteiger charge is -2.20. The first-order valence-corrected chi connectivity index (χ1v) is 6.99. The summed E-state index contributed by atoms with van der Waals surface area (Å²) in [4.78, 5) is 2.29. The van der Waals surface area contributed by atoms with Gasteiger partial charge in [-0.3, -0.25) is 0 Å². The van der Waals surface area contributed by atoms with Crippen molar-refractivity contribution >= 4 is 28.9 Å². The Kier molecular flexibility index (Phi) is 5.13. The van der Waals surface area contributed by atoms with Gasteiger partial charge >= 0.3 is 0 Å². The molecule has 0 saturated carbocycles. The monoisotopic (exact) mass is 288 g/mol. The van der Waals surface area contributed by atoms with Gasteiger partial charge in [0.15, 0.2) is 0 Å². The van der Waals surface area contributed by atoms with Crippen molar-refractivity contribution in [3.05, 3.63) is 28.2 Å². The van der Waals surface area contributed by atoms with Crippen LogP contribution in [0.4, 0.5) is 5.69 Å². The first-order valence-electron chi connectivity index (χ1n) is 6.24. The summed E-state index contributed by atoms with van der Waals surface area (Å²) in [5.41, 5.74) is 0.841. The summed E-state index contributed by atoms with van der Waals surface area (Å²) in [6.45, 7) is 3.43. The van der Waals surface area contributed by atoms with E-state index in [4.69, 9.17) is 23.2 Å². The smallest absolute Gasteiger partial charge is 0.0839 e. The fourth-order valence-electron chi connectivity index (χ4n) is 2.22. The van der Waals surface area contributed by atoms with E-state index < -0.39 is 0 Å². The maximum atomic E-state index is 9.94. The number of hydrogen-bond donors (Lipinski definition) is 2. The molecule has 1 aromatic carbocycles. The Morgan fingerprint density at radius 2 is 1.78 bits per heavy atom. The fourth-order valence-corrected chi connectivity index (χ4v) is 2.75. The summed E-state index contributed by atoms with van der Waals surface area (Å²) < 4.78 is 0. The van der Waals surface area contributed by atoms with E-state index in [9.17, 15) is 5.11 Å². The van der Waals surface area contributed by atoms with Gasteiger partial charge in [-0.1, -0.05) is 23.2 Å². The third-order valence-electron chi connectivity index (χ3n) is 3.07. The molecule has 1 aliphatic heterocycles. The Balaban J connectivity index is 1.79. The van der Waals surface area contributed by atoms with Gasteiger partial charge in [0.05, 0.1) is 6.10 Å². The molecular weight excluding hydrogens is 271 g/mol. The number of halogens is 2. The van der Waals surface area contributed by atoms with Crippen molar-refractivity contribution in [3.8, 4) is 0 Å². The Labute approximate surface area is 118 Å². The molecule has 0 bridgehead atoms. The van der Waals surface area contributed by atoms with Gasteiger partial charge in [0, 0.05) is 28.8 Å². The molecule has 1 aromatic rings. The van der Waals surface area contributed by atoms with Gasteiger partial charge in [0.2, 0.25) is 0 Å². The van der Waals surface area contributed by atoms with E-state index >= 15 is 0 Å². The minimum absolute atomic E-state index is 0.374. The van der Waals surface area contributed by atoms with Gasteiger partial charge in [0.25, 0.3) is 0 Å². The number of aliphatic hydroxyl groups is 1. The number of hydrogen-bond acceptors (Lipinski definition) is 3. The molecule has 3 nitrogen and oxygen atoms in total. The summed E-state index contributed by atoms with van der Waals surface area (Å²) >= 11 is 11.8. The Hall–Kier alpha value is -0.480. The Morgan fingerprint density at radius 3 is 2.39 bits per heavy atom. The third kappa shape index (κ3) is 4.32. The van der Waals surface area contributed by atoms with Crippen molar-refractivity contribution in [1.29, 1.82) is 0 Å². The maximum absolute atomic E-state index is 9.94. The number of aliphatic hydroxyl groups excluding tert-OH is 1. The van der Waals surface area contributed by atoms with Crippen LogP contribution in [0.5, 0.6) is 0 Å². The molecule has 5 heteroatoms. The lowest BCUT2D eigenvalue weighted by molar-refractivity contribution is 0.135. The molecule has 1 saturated heterocycles. The zero-order valence-corrected chi connectivity index (χ0v) is 11.7. The second-order valence-electron chi connectivity index (χ2n) is 4.70. The number of anilines is 1. The molecule has 100 valence electrons. The molecule has 0 aromatic heterocycles. The second-order valence-corrected chi connectivity index (χ2v) is 5.57. The molecule has 2 rings (SSSR count). The number of rotatable bonds is 5. The molecule has 1 heterocycles. The molecular formula is C13H18Cl2N2O. The summed E-state index contributed by atoms with van der Waals surface area (Å²) in [6.07, 6.45) is 2.11. The largest absolute Gasteiger partial charge is 0.390 e. The van der Waals surface area contributed by atoms with Crippen LogP contribution in [-0.4, -0.2) is 42.3 Å². The topological polar surface area (TPSA) is 35.5 Å². The number of nitrogens with zero attached hydrogens (tertiary/aromatic N) is 1. The molecule has 0 amide bonds. The van der Waals surface area contributed by atoms with Crippen molar-refractivity contribution in [1.82, 2.24) is 4.90 Å². The van der Waals surface area contributed by atoms with Crippen LogP contribution in [-0.2, 0) is 0 Å². The predicted octanol–water partition coefficient (Wildman–Crippen LogP) is 2.86. The summed E-state index contributed by atoms with van der Waals surface area (Å²) in [5.74, 6) is 0. The number of likely N-dealkylation sites (tertiary alicyclic amines) is 1. The molecule has 0 radical (unpaired) electrons. The maximum Gasteiger partial charge on any atom is 0.0839 e. The van der Waals surface area contributed by atoms with Gasteiger partial charge in [-0.25, -0.2) is 0 Å². The molecule has 0 spiro atoms. The van der Waals surface area contributed by atoms with Crippen molar-refractivity contribution in [2.45, 2.75) is 18.9 Å². The van der Waals surface area contributed by atoms with E-state index in [1.54, 1.807) is 18.2 Å². The van der Waals surface area contributed by atoms with Crippen LogP contribution in [0.2, 0.25) is 10.0 Å². The highest BCUT2D eigenvalue weighted by Gasteiger charge is 2.15. The van der Waals surface area contributed by atoms with E-state index in [2.05, 4.69) is 10.2 Å². The molecule has 1 unspecified atom stereocenters. The lowest BCUT2D eigenvalue weighted by Crippen LogP contribution is -2.34. The van der Waals surface area contributed by atoms with Gasteiger partial charge in [-0.15, -0.1) is 0 Å². The van der Waals surface area contributed by atoms with Crippen LogP contribution in [0.1, 0.15) is 12.8 Å². The molecule has 1 aliphatic rings. The lowest BCUT2D eigenvalue weighted by atomic mass is 10.3. The fraction of sp³-hybridized carbons (Fsp3) is 0.538. The normalized spacial score (nSPS) is 17.9. The van der Waals surface area contributed by atoms with Gasteiger partial charge in [-0.2, -0.15) is 0 Å². The van der Waals surface area contributed by atoms with Crippen LogP contribution >= 0.6 is 23.2 Å². The highest BCUT2D eigenvalue weighted by Crippen LogP contribution is 2.22. The van der Waals surface area contributed by atoms with Crippen molar-refractivity contribution in [2.24, 2.45) is 0 Å². The summed E-state index contributed by atoms with van der Waals surface area (Å²) in [5, 5.41) is 14.3. The van der Waals surface area contributed by atoms with Crippen LogP contribution < -0.4 is 5.32 Å². The molecule has 18 heavy (non-hydrogen) atoms. The van der Waals surface area contributed by atoms with E-state index in [1.165, 1.54) is 12.8 Å². The number of benzene rings is 1. The Morgan fingerprint density at radius 1 is 1.17 bits per heavy atom. The first kappa shape index (κ1) is 13.9. The van der Waals surface area contributed by atoms with Crippen LogP contribution in [0.3, 0.4) is 0 Å². The minimum atomic E-state index is -0.374. The SMILES string of the molecule is OC(CNc1cc(Cl)cc(Cl)c1)CN1CCCC1. The van der Waals surface area contributed by atoms with Gasteiger partial charge < -0.3 is 15.3 Å². The van der Waals surface area contributed by atoms with E-state index in [1.807, 2.05) is 0 Å². The van der Waals surface area contributed by atoms with E-state index in [0.29, 0.717) is 16.6 Å². The average Bonchev–Trinajstić information content (AvgIpc) is 2.78. The van der Waals surface area contributed by atoms with Crippen LogP contribution in [0, 0.1) is 0 Å². The standard InChI is InChI=1S/C13H18Cl2N2O/c14-10-5-11(15)7-12(6-10)16-8-13(18)9-17-3-1-2-4-17/h5-7,13,16,18H,1-4,8-9H2. The van der Waals surface area contributed by atoms with Crippen molar-refractivity contribution in [2.75, 3.05) is 31.5 Å². The molecule has 1 fully saturated rings. The minimum Gasteiger partial charge on any atom is -0.390 e. The third-order valence-corrected chi connectivity index (χ3v) is 3.51. The van der Waals surface area contributed by atoms with Crippen LogP contribution in [0.15, 0.2) is 18.2 Å². The zero-order chi connectivity index (χ0) is 13.0. The molecule has 2 N–H and O–H groups in total. The predicted molar refractivity (Wildman–Crippen MR) is 76.6 cm³/mol. The number of β-amino-alcohol motifs (C(OH)–C–C–N with tert-alkyl or cyclic N) is 1. The Bertz CT molecular complexity index is 374. The van der Waals surface area contributed by atoms with Crippen molar-refractivity contribution in [3.63, 3.8) is 0 Å². The first-order chi connectivity index (χ1) is 8.63. The van der Waals surface area contributed by atoms with Crippen molar-refractivity contribution < 1.29 is 5.11 Å². The summed E-state index contributed by atoms with van der Waals surface area (Å²) in [7, 11) is 0. The highest BCUT2D eigenvalue weighted by molar-refractivity contribution is 6.35. The van der Waals surface area contributed by atoms with E-state index in [-0.39, 0.29) is 6.10 Å². The quantitative estimate of drug-likeness (QED) is 0.875. The van der Waals surface area contributed by atoms with Gasteiger partial charge in [0.1, 0.15) is 0 Å².